The monoisotopic (exact) mass is 1140 g/mol. The minimum absolute atomic E-state index is 0.166. The van der Waals surface area contributed by atoms with Gasteiger partial charge in [-0.1, -0.05) is 59.8 Å². The van der Waals surface area contributed by atoms with Crippen LogP contribution in [-0.2, 0) is 60.1 Å². The van der Waals surface area contributed by atoms with Crippen molar-refractivity contribution in [3.8, 4) is 0 Å². The second-order valence-electron chi connectivity index (χ2n) is 20.4. The number of amides is 1. The molecule has 0 aromatic carbocycles. The molecule has 9 unspecified atom stereocenters. The Kier molecular flexibility index (Phi) is 29.2. The van der Waals surface area contributed by atoms with Crippen LogP contribution in [0.2, 0.25) is 17.6 Å². The third-order valence-corrected chi connectivity index (χ3v) is 24.2. The van der Waals surface area contributed by atoms with Crippen LogP contribution in [0, 0.1) is 5.92 Å². The molecule has 4 aliphatic heterocycles. The fraction of sp³-hybridized carbons (Fsp3) is 0.979. The number of carbonyl (C=O) groups is 1. The number of hydrogen-bond acceptors (Lipinski definition) is 24. The van der Waals surface area contributed by atoms with Crippen LogP contribution in [0.3, 0.4) is 0 Å². The summed E-state index contributed by atoms with van der Waals surface area (Å²) in [5, 5.41) is 110. The van der Waals surface area contributed by atoms with Gasteiger partial charge in [-0.05, 0) is 55.7 Å². The summed E-state index contributed by atoms with van der Waals surface area (Å²) in [7, 11) is -0.338. The zero-order chi connectivity index (χ0) is 55.6. The van der Waals surface area contributed by atoms with Crippen LogP contribution in [0.25, 0.3) is 0 Å². The maximum Gasteiger partial charge on any atom is 0.491 e. The van der Waals surface area contributed by atoms with Crippen molar-refractivity contribution in [2.75, 3.05) is 59.3 Å². The number of carbonyl (C=O) groups excluding carboxylic acids is 1. The van der Waals surface area contributed by atoms with Crippen molar-refractivity contribution >= 4 is 35.0 Å². The van der Waals surface area contributed by atoms with Crippen LogP contribution >= 0.6 is 11.8 Å². The fourth-order valence-electron chi connectivity index (χ4n) is 9.83. The van der Waals surface area contributed by atoms with E-state index < -0.39 is 166 Å². The lowest BCUT2D eigenvalue weighted by Crippen LogP contribution is -2.69. The molecular weight excluding hydrogens is 1050 g/mol. The molecule has 0 spiro atoms. The Morgan fingerprint density at radius 1 is 0.587 bits per heavy atom. The molecule has 11 N–H and O–H groups in total. The Morgan fingerprint density at radius 3 is 1.72 bits per heavy atom. The molecule has 24 nitrogen and oxygen atoms in total. The molecule has 1 amide bonds. The summed E-state index contributed by atoms with van der Waals surface area (Å²) in [6.07, 6.45) is -19.7. The number of aliphatic hydroxyl groups is 10. The first-order valence-electron chi connectivity index (χ1n) is 26.7. The number of ether oxygens (including phenoxy) is 8. The molecule has 27 heteroatoms. The van der Waals surface area contributed by atoms with E-state index in [1.54, 1.807) is 21.3 Å². The highest BCUT2D eigenvalue weighted by Crippen LogP contribution is 2.38. The summed E-state index contributed by atoms with van der Waals surface area (Å²) in [6, 6.07) is 0.345. The largest absolute Gasteiger partial charge is 0.491 e. The van der Waals surface area contributed by atoms with Crippen molar-refractivity contribution in [2.24, 2.45) is 5.92 Å². The molecule has 0 bridgehead atoms. The lowest BCUT2D eigenvalue weighted by Gasteiger charge is -2.51. The second kappa shape index (κ2) is 32.7. The van der Waals surface area contributed by atoms with Gasteiger partial charge < -0.3 is 112 Å². The van der Waals surface area contributed by atoms with E-state index >= 15 is 0 Å². The van der Waals surface area contributed by atoms with Gasteiger partial charge in [0.05, 0.1) is 32.0 Å². The van der Waals surface area contributed by atoms with Gasteiger partial charge in [0.15, 0.2) is 25.2 Å². The van der Waals surface area contributed by atoms with E-state index in [2.05, 4.69) is 26.1 Å². The zero-order valence-corrected chi connectivity index (χ0v) is 48.1. The van der Waals surface area contributed by atoms with Crippen LogP contribution in [-0.4, -0.2) is 250 Å². The number of unbranched alkanes of at least 4 members (excludes halogenated alkanes) is 6. The van der Waals surface area contributed by atoms with Crippen LogP contribution in [0.1, 0.15) is 99.3 Å². The SMILES string of the molecule is CCCC[Si](OC)(OC)O[Si](CCCSCCCCCCCCO[C@@H]1OC(CO)[C@H](O)[C@H](O[C@@H]2OC(CO)[C@H](O)[C@H](O[C@@H]3OC(CO)[C@H](O)[C@H](O)C3C)C2O[C@@H]2OC(C)[C@H](O)[C@@H](O)C2O)C1NC(C)=O)(OC)C(C)C. The van der Waals surface area contributed by atoms with Gasteiger partial charge in [-0.3, -0.25) is 4.79 Å². The minimum Gasteiger partial charge on any atom is -0.398 e. The van der Waals surface area contributed by atoms with Crippen LogP contribution in [0.4, 0.5) is 0 Å². The molecular formula is C48H93NO23SSi2. The normalized spacial score (nSPS) is 37.7. The van der Waals surface area contributed by atoms with Crippen molar-refractivity contribution in [1.82, 2.24) is 5.32 Å². The first kappa shape index (κ1) is 66.9. The molecule has 0 aromatic rings. The van der Waals surface area contributed by atoms with Gasteiger partial charge in [0.1, 0.15) is 79.3 Å². The highest BCUT2D eigenvalue weighted by atomic mass is 32.2. The number of rotatable bonds is 33. The average molecular weight is 1140 g/mol. The lowest BCUT2D eigenvalue weighted by molar-refractivity contribution is -0.399. The molecule has 442 valence electrons. The van der Waals surface area contributed by atoms with Gasteiger partial charge in [0, 0.05) is 46.8 Å². The van der Waals surface area contributed by atoms with Gasteiger partial charge in [0.25, 0.3) is 0 Å². The summed E-state index contributed by atoms with van der Waals surface area (Å²) < 4.78 is 73.4. The van der Waals surface area contributed by atoms with Crippen LogP contribution < -0.4 is 5.32 Å². The van der Waals surface area contributed by atoms with Gasteiger partial charge >= 0.3 is 17.4 Å². The highest BCUT2D eigenvalue weighted by Gasteiger charge is 2.57. The standard InChI is InChI=1S/C48H93NO23SSi2/c1-10-11-23-75(62-8,63-9)72-74(61-7,27(2)3)22-18-21-73-20-17-15-13-12-14-16-19-64-46-34(49-30(6)53)42(38(57)32(25-51)67-46)69-48-44(71-47-41(60)40(59)36(55)29(5)65-47)43(39(58)33(26-52)68-48)70-45-28(4)35(54)37(56)31(24-50)66-45/h27-29,31-48,50-52,54-60H,10-26H2,1-9H3,(H,49,53)/t28?,29?,31?,32?,33?,34?,35-,36+,37+,38+,39+,40-,41?,42-,43+,44?,45+,46-,47+,48+,74?/m1/s1. The van der Waals surface area contributed by atoms with Gasteiger partial charge in [-0.25, -0.2) is 0 Å². The molecule has 4 fully saturated rings. The Hall–Kier alpha value is -0.626. The third-order valence-electron chi connectivity index (χ3n) is 14.7. The van der Waals surface area contributed by atoms with Crippen LogP contribution in [0.5, 0.6) is 0 Å². The van der Waals surface area contributed by atoms with Gasteiger partial charge in [0.2, 0.25) is 5.91 Å². The predicted octanol–water partition coefficient (Wildman–Crippen LogP) is -0.267. The zero-order valence-electron chi connectivity index (χ0n) is 45.3. The Morgan fingerprint density at radius 2 is 1.13 bits per heavy atom. The van der Waals surface area contributed by atoms with Crippen molar-refractivity contribution in [1.29, 1.82) is 0 Å². The Balaban J connectivity index is 1.39. The molecule has 0 aliphatic carbocycles. The predicted molar refractivity (Wildman–Crippen MR) is 274 cm³/mol. The van der Waals surface area contributed by atoms with Crippen LogP contribution in [0.15, 0.2) is 0 Å². The first-order chi connectivity index (χ1) is 35.7. The van der Waals surface area contributed by atoms with E-state index in [9.17, 15) is 55.9 Å². The number of aliphatic hydroxyl groups excluding tert-OH is 10. The average Bonchev–Trinajstić information content (AvgIpc) is 3.39. The van der Waals surface area contributed by atoms with E-state index in [4.69, 9.17) is 55.3 Å². The molecule has 4 rings (SSSR count). The number of thioether (sulfide) groups is 1. The van der Waals surface area contributed by atoms with Gasteiger partial charge in [-0.2, -0.15) is 11.8 Å². The van der Waals surface area contributed by atoms with E-state index in [1.165, 1.54) is 20.8 Å². The lowest BCUT2D eigenvalue weighted by atomic mass is 9.91. The molecule has 4 aliphatic rings. The van der Waals surface area contributed by atoms with Crippen molar-refractivity contribution in [2.45, 2.75) is 234 Å². The topological polar surface area (TPSA) is 342 Å². The molecule has 4 heterocycles. The van der Waals surface area contributed by atoms with Gasteiger partial charge in [-0.15, -0.1) is 0 Å². The van der Waals surface area contributed by atoms with Crippen molar-refractivity contribution in [3.63, 3.8) is 0 Å². The number of hydrogen-bond donors (Lipinski definition) is 11. The summed E-state index contributed by atoms with van der Waals surface area (Å²) in [5.74, 6) is 0.462. The first-order valence-corrected chi connectivity index (χ1v) is 31.9. The Bertz CT molecular complexity index is 1600. The minimum atomic E-state index is -2.84. The molecule has 0 radical (unpaired) electrons. The summed E-state index contributed by atoms with van der Waals surface area (Å²) >= 11 is 1.93. The Labute approximate surface area is 448 Å². The van der Waals surface area contributed by atoms with E-state index in [1.807, 2.05) is 11.8 Å². The van der Waals surface area contributed by atoms with E-state index in [0.29, 0.717) is 6.42 Å². The summed E-state index contributed by atoms with van der Waals surface area (Å²) in [6.45, 7) is 8.43. The maximum absolute atomic E-state index is 12.8. The summed E-state index contributed by atoms with van der Waals surface area (Å²) in [5.41, 5.74) is 0.232. The van der Waals surface area contributed by atoms with E-state index in [-0.39, 0.29) is 12.1 Å². The third kappa shape index (κ3) is 17.9. The second-order valence-corrected chi connectivity index (χ2v) is 28.8. The fourth-order valence-corrected chi connectivity index (χ4v) is 19.2. The number of nitrogens with one attached hydrogen (secondary N) is 1. The summed E-state index contributed by atoms with van der Waals surface area (Å²) in [4.78, 5) is 12.8. The molecule has 4 saturated heterocycles. The van der Waals surface area contributed by atoms with E-state index in [0.717, 1.165) is 75.0 Å². The maximum atomic E-state index is 12.8. The van der Waals surface area contributed by atoms with Crippen molar-refractivity contribution in [3.05, 3.63) is 0 Å². The molecule has 21 atom stereocenters. The quantitative estimate of drug-likeness (QED) is 0.0298. The van der Waals surface area contributed by atoms with Crippen molar-refractivity contribution < 1.29 is 111 Å². The smallest absolute Gasteiger partial charge is 0.398 e. The molecule has 0 aromatic heterocycles. The molecule has 75 heavy (non-hydrogen) atoms. The molecule has 0 saturated carbocycles. The highest BCUT2D eigenvalue weighted by molar-refractivity contribution is 7.99.